The third-order valence-corrected chi connectivity index (χ3v) is 5.30. The Morgan fingerprint density at radius 2 is 1.54 bits per heavy atom. The Kier molecular flexibility index (Phi) is 5.70. The van der Waals surface area contributed by atoms with Crippen molar-refractivity contribution in [3.05, 3.63) is 59.7 Å². The molecule has 0 unspecified atom stereocenters. The van der Waals surface area contributed by atoms with Crippen LogP contribution in [0.2, 0.25) is 0 Å². The van der Waals surface area contributed by atoms with Crippen molar-refractivity contribution in [3.8, 4) is 11.1 Å². The van der Waals surface area contributed by atoms with Gasteiger partial charge in [-0.2, -0.15) is 0 Å². The van der Waals surface area contributed by atoms with Crippen LogP contribution in [0.3, 0.4) is 0 Å². The predicted molar refractivity (Wildman–Crippen MR) is 105 cm³/mol. The summed E-state index contributed by atoms with van der Waals surface area (Å²) in [5.74, 6) is -1.69. The molecule has 0 spiro atoms. The Hall–Kier alpha value is -2.86. The van der Waals surface area contributed by atoms with Gasteiger partial charge in [0.15, 0.2) is 6.04 Å². The summed E-state index contributed by atoms with van der Waals surface area (Å²) in [6, 6.07) is 14.6. The lowest BCUT2D eigenvalue weighted by atomic mass is 9.98. The van der Waals surface area contributed by atoms with Gasteiger partial charge in [0.1, 0.15) is 6.61 Å². The van der Waals surface area contributed by atoms with Gasteiger partial charge in [-0.1, -0.05) is 62.4 Å². The molecule has 0 radical (unpaired) electrons. The average molecular weight is 383 g/mol. The van der Waals surface area contributed by atoms with Crippen molar-refractivity contribution >= 4 is 12.1 Å². The summed E-state index contributed by atoms with van der Waals surface area (Å²) in [5, 5.41) is 19.6. The third kappa shape index (κ3) is 3.60. The zero-order valence-electron chi connectivity index (χ0n) is 16.2. The summed E-state index contributed by atoms with van der Waals surface area (Å²) >= 11 is 0. The molecule has 1 aliphatic rings. The number of aliphatic hydroxyl groups excluding tert-OH is 1. The molecule has 0 aromatic heterocycles. The van der Waals surface area contributed by atoms with Gasteiger partial charge in [0.25, 0.3) is 0 Å². The van der Waals surface area contributed by atoms with Gasteiger partial charge in [0.05, 0.1) is 6.10 Å². The molecule has 148 valence electrons. The number of amides is 1. The first kappa shape index (κ1) is 19.9. The number of likely N-dealkylation sites (N-methyl/N-ethyl adjacent to an activating group) is 1. The third-order valence-electron chi connectivity index (χ3n) is 5.30. The van der Waals surface area contributed by atoms with Crippen LogP contribution in [0.15, 0.2) is 48.5 Å². The smallest absolute Gasteiger partial charge is 0.410 e. The van der Waals surface area contributed by atoms with E-state index in [4.69, 9.17) is 4.74 Å². The first-order chi connectivity index (χ1) is 13.3. The molecule has 28 heavy (non-hydrogen) atoms. The summed E-state index contributed by atoms with van der Waals surface area (Å²) in [4.78, 5) is 25.1. The van der Waals surface area contributed by atoms with Crippen molar-refractivity contribution in [2.75, 3.05) is 13.7 Å². The number of carboxylic acid groups (broad SMARTS) is 1. The number of rotatable bonds is 6. The van der Waals surface area contributed by atoms with E-state index in [0.717, 1.165) is 27.2 Å². The van der Waals surface area contributed by atoms with Crippen molar-refractivity contribution in [2.24, 2.45) is 5.92 Å². The van der Waals surface area contributed by atoms with Crippen LogP contribution in [-0.4, -0.2) is 53.0 Å². The fourth-order valence-corrected chi connectivity index (χ4v) is 3.71. The topological polar surface area (TPSA) is 87.1 Å². The molecule has 6 heteroatoms. The maximum Gasteiger partial charge on any atom is 0.410 e. The minimum Gasteiger partial charge on any atom is -0.480 e. The first-order valence-corrected chi connectivity index (χ1v) is 9.31. The zero-order valence-corrected chi connectivity index (χ0v) is 16.2. The van der Waals surface area contributed by atoms with E-state index in [9.17, 15) is 19.8 Å². The molecule has 0 aliphatic heterocycles. The fourth-order valence-electron chi connectivity index (χ4n) is 3.71. The molecule has 2 atom stereocenters. The van der Waals surface area contributed by atoms with Crippen LogP contribution in [0.5, 0.6) is 0 Å². The lowest BCUT2D eigenvalue weighted by Gasteiger charge is -2.30. The quantitative estimate of drug-likeness (QED) is 0.799. The Bertz CT molecular complexity index is 833. The number of fused-ring (bicyclic) bond motifs is 3. The number of hydrogen-bond acceptors (Lipinski definition) is 4. The molecule has 0 saturated heterocycles. The van der Waals surface area contributed by atoms with Gasteiger partial charge in [-0.15, -0.1) is 0 Å². The van der Waals surface area contributed by atoms with Crippen LogP contribution >= 0.6 is 0 Å². The lowest BCUT2D eigenvalue weighted by Crippen LogP contribution is -2.51. The summed E-state index contributed by atoms with van der Waals surface area (Å²) in [6.45, 7) is 3.50. The van der Waals surface area contributed by atoms with Crippen LogP contribution < -0.4 is 0 Å². The standard InChI is InChI=1S/C22H25NO5/c1-13(2)20(24)19(21(25)26)23(3)22(27)28-12-18-16-10-6-4-8-14(16)15-9-5-7-11-17(15)18/h4-11,13,18-20,24H,12H2,1-3H3,(H,25,26)/t19-,20-/m0/s1. The van der Waals surface area contributed by atoms with Crippen LogP contribution in [0.1, 0.15) is 30.9 Å². The maximum atomic E-state index is 12.5. The van der Waals surface area contributed by atoms with E-state index in [1.165, 1.54) is 7.05 Å². The molecule has 0 bridgehead atoms. The molecule has 2 aromatic rings. The highest BCUT2D eigenvalue weighted by atomic mass is 16.6. The van der Waals surface area contributed by atoms with E-state index >= 15 is 0 Å². The van der Waals surface area contributed by atoms with Gasteiger partial charge >= 0.3 is 12.1 Å². The summed E-state index contributed by atoms with van der Waals surface area (Å²) in [5.41, 5.74) is 4.39. The Morgan fingerprint density at radius 3 is 2.00 bits per heavy atom. The normalized spacial score (nSPS) is 14.9. The minimum atomic E-state index is -1.37. The highest BCUT2D eigenvalue weighted by Gasteiger charge is 2.36. The zero-order chi connectivity index (χ0) is 20.4. The summed E-state index contributed by atoms with van der Waals surface area (Å²) < 4.78 is 5.48. The van der Waals surface area contributed by atoms with Crippen molar-refractivity contribution in [3.63, 3.8) is 0 Å². The van der Waals surface area contributed by atoms with Crippen molar-refractivity contribution in [1.82, 2.24) is 4.90 Å². The van der Waals surface area contributed by atoms with Gasteiger partial charge in [-0.25, -0.2) is 9.59 Å². The second-order valence-corrected chi connectivity index (χ2v) is 7.43. The molecule has 0 heterocycles. The Morgan fingerprint density at radius 1 is 1.04 bits per heavy atom. The molecule has 0 saturated carbocycles. The van der Waals surface area contributed by atoms with Crippen molar-refractivity contribution in [2.45, 2.75) is 31.9 Å². The molecule has 0 fully saturated rings. The van der Waals surface area contributed by atoms with Gasteiger partial charge in [0.2, 0.25) is 0 Å². The highest BCUT2D eigenvalue weighted by molar-refractivity contribution is 5.81. The number of aliphatic carboxylic acids is 1. The number of hydrogen-bond donors (Lipinski definition) is 2. The number of carbonyl (C=O) groups is 2. The largest absolute Gasteiger partial charge is 0.480 e. The van der Waals surface area contributed by atoms with E-state index in [-0.39, 0.29) is 18.4 Å². The van der Waals surface area contributed by atoms with Gasteiger partial charge in [-0.3, -0.25) is 4.90 Å². The molecule has 6 nitrogen and oxygen atoms in total. The van der Waals surface area contributed by atoms with Crippen molar-refractivity contribution < 1.29 is 24.5 Å². The highest BCUT2D eigenvalue weighted by Crippen LogP contribution is 2.44. The van der Waals surface area contributed by atoms with E-state index in [0.29, 0.717) is 0 Å². The van der Waals surface area contributed by atoms with Crippen molar-refractivity contribution in [1.29, 1.82) is 0 Å². The van der Waals surface area contributed by atoms with E-state index in [1.54, 1.807) is 13.8 Å². The Balaban J connectivity index is 1.77. The number of benzene rings is 2. The lowest BCUT2D eigenvalue weighted by molar-refractivity contribution is -0.147. The average Bonchev–Trinajstić information content (AvgIpc) is 2.99. The number of aliphatic hydroxyl groups is 1. The molecular weight excluding hydrogens is 358 g/mol. The van der Waals surface area contributed by atoms with Gasteiger partial charge in [-0.05, 0) is 28.2 Å². The maximum absolute atomic E-state index is 12.5. The minimum absolute atomic E-state index is 0.0985. The Labute approximate surface area is 164 Å². The van der Waals surface area contributed by atoms with E-state index in [2.05, 4.69) is 0 Å². The molecule has 3 rings (SSSR count). The van der Waals surface area contributed by atoms with Crippen LogP contribution in [0, 0.1) is 5.92 Å². The molecule has 1 aliphatic carbocycles. The van der Waals surface area contributed by atoms with E-state index < -0.39 is 24.2 Å². The van der Waals surface area contributed by atoms with Gasteiger partial charge < -0.3 is 14.9 Å². The number of carbonyl (C=O) groups excluding carboxylic acids is 1. The number of carboxylic acids is 1. The van der Waals surface area contributed by atoms with Gasteiger partial charge in [0, 0.05) is 13.0 Å². The molecule has 2 N–H and O–H groups in total. The van der Waals surface area contributed by atoms with E-state index in [1.807, 2.05) is 48.5 Å². The summed E-state index contributed by atoms with van der Waals surface area (Å²) in [7, 11) is 1.34. The molecule has 1 amide bonds. The second kappa shape index (κ2) is 8.02. The first-order valence-electron chi connectivity index (χ1n) is 9.31. The van der Waals surface area contributed by atoms with Crippen LogP contribution in [-0.2, 0) is 9.53 Å². The summed E-state index contributed by atoms with van der Waals surface area (Å²) in [6.07, 6.45) is -1.96. The molecular formula is C22H25NO5. The van der Waals surface area contributed by atoms with Crippen LogP contribution in [0.4, 0.5) is 4.79 Å². The molecule has 2 aromatic carbocycles. The predicted octanol–water partition coefficient (Wildman–Crippen LogP) is 3.34. The SMILES string of the molecule is CC(C)[C@H](O)[C@@H](C(=O)O)N(C)C(=O)OCC1c2ccccc2-c2ccccc21. The number of nitrogens with zero attached hydrogens (tertiary/aromatic N) is 1. The van der Waals surface area contributed by atoms with Crippen LogP contribution in [0.25, 0.3) is 11.1 Å². The number of ether oxygens (including phenoxy) is 1. The second-order valence-electron chi connectivity index (χ2n) is 7.43. The fraction of sp³-hybridized carbons (Fsp3) is 0.364. The monoisotopic (exact) mass is 383 g/mol.